The minimum Gasteiger partial charge on any atom is -0.486 e. The van der Waals surface area contributed by atoms with Gasteiger partial charge in [0, 0.05) is 17.4 Å². The number of fused-ring (bicyclic) bond motifs is 1. The van der Waals surface area contributed by atoms with E-state index in [1.54, 1.807) is 18.2 Å². The summed E-state index contributed by atoms with van der Waals surface area (Å²) in [6.45, 7) is 0.769. The van der Waals surface area contributed by atoms with Gasteiger partial charge in [0.1, 0.15) is 19.0 Å². The Kier molecular flexibility index (Phi) is 6.24. The van der Waals surface area contributed by atoms with E-state index < -0.39 is 21.8 Å². The summed E-state index contributed by atoms with van der Waals surface area (Å²) in [5.41, 5.74) is 0.715. The van der Waals surface area contributed by atoms with Crippen molar-refractivity contribution >= 4 is 27.1 Å². The van der Waals surface area contributed by atoms with Gasteiger partial charge in [-0.25, -0.2) is 12.8 Å². The number of nitrogens with one attached hydrogen (secondary N) is 1. The molecule has 0 fully saturated rings. The number of amides is 1. The molecule has 0 saturated carbocycles. The van der Waals surface area contributed by atoms with Crippen LogP contribution in [0.1, 0.15) is 22.9 Å². The molecule has 1 aromatic heterocycles. The molecule has 1 aliphatic heterocycles. The Hall–Kier alpha value is -2.91. The summed E-state index contributed by atoms with van der Waals surface area (Å²) in [6.07, 6.45) is -0.208. The Morgan fingerprint density at radius 2 is 1.81 bits per heavy atom. The van der Waals surface area contributed by atoms with Crippen LogP contribution in [0.4, 0.5) is 4.39 Å². The molecule has 1 unspecified atom stereocenters. The van der Waals surface area contributed by atoms with Crippen molar-refractivity contribution < 1.29 is 27.1 Å². The van der Waals surface area contributed by atoms with Crippen molar-refractivity contribution in [1.29, 1.82) is 0 Å². The molecule has 0 spiro atoms. The first-order valence-corrected chi connectivity index (χ1v) is 12.2. The van der Waals surface area contributed by atoms with Gasteiger partial charge in [0.25, 0.3) is 0 Å². The minimum absolute atomic E-state index is 0.0814. The molecule has 0 bridgehead atoms. The van der Waals surface area contributed by atoms with Crippen LogP contribution in [-0.4, -0.2) is 33.3 Å². The third-order valence-corrected chi connectivity index (χ3v) is 7.46. The van der Waals surface area contributed by atoms with Crippen LogP contribution in [-0.2, 0) is 14.6 Å². The van der Waals surface area contributed by atoms with Gasteiger partial charge in [-0.3, -0.25) is 4.79 Å². The van der Waals surface area contributed by atoms with Crippen molar-refractivity contribution in [2.75, 3.05) is 19.0 Å². The van der Waals surface area contributed by atoms with Gasteiger partial charge in [0.05, 0.1) is 16.7 Å². The Bertz CT molecular complexity index is 1160. The average Bonchev–Trinajstić information content (AvgIpc) is 3.31. The van der Waals surface area contributed by atoms with Crippen LogP contribution in [0.25, 0.3) is 0 Å². The lowest BCUT2D eigenvalue weighted by atomic mass is 10.1. The molecule has 1 amide bonds. The highest BCUT2D eigenvalue weighted by Gasteiger charge is 2.23. The number of carbonyl (C=O) groups excluding carboxylic acids is 1. The number of carbonyl (C=O) groups is 1. The second kappa shape index (κ2) is 9.07. The largest absolute Gasteiger partial charge is 0.486 e. The summed E-state index contributed by atoms with van der Waals surface area (Å²) in [4.78, 5) is 13.6. The van der Waals surface area contributed by atoms with Gasteiger partial charge in [-0.2, -0.15) is 0 Å². The molecule has 2 aromatic carbocycles. The van der Waals surface area contributed by atoms with Gasteiger partial charge in [-0.15, -0.1) is 11.3 Å². The summed E-state index contributed by atoms with van der Waals surface area (Å²) < 4.78 is 49.6. The van der Waals surface area contributed by atoms with Crippen LogP contribution >= 0.6 is 11.3 Å². The van der Waals surface area contributed by atoms with Crippen LogP contribution in [0, 0.1) is 5.82 Å². The molecule has 4 rings (SSSR count). The maximum Gasteiger partial charge on any atom is 0.221 e. The normalized spacial score (nSPS) is 14.1. The highest BCUT2D eigenvalue weighted by molar-refractivity contribution is 7.91. The van der Waals surface area contributed by atoms with Crippen molar-refractivity contribution in [2.24, 2.45) is 0 Å². The SMILES string of the molecule is O=C(CCS(=O)(=O)c1ccc2c(c1)OCCO2)NC(c1ccc(F)cc1)c1cccs1. The fourth-order valence-corrected chi connectivity index (χ4v) is 5.28. The van der Waals surface area contributed by atoms with Gasteiger partial charge < -0.3 is 14.8 Å². The number of hydrogen-bond donors (Lipinski definition) is 1. The van der Waals surface area contributed by atoms with E-state index in [2.05, 4.69) is 5.32 Å². The van der Waals surface area contributed by atoms with E-state index in [-0.39, 0.29) is 22.9 Å². The molecule has 1 N–H and O–H groups in total. The monoisotopic (exact) mass is 461 g/mol. The number of hydrogen-bond acceptors (Lipinski definition) is 6. The zero-order valence-electron chi connectivity index (χ0n) is 16.4. The van der Waals surface area contributed by atoms with Crippen molar-refractivity contribution in [3.8, 4) is 11.5 Å². The highest BCUT2D eigenvalue weighted by Crippen LogP contribution is 2.32. The summed E-state index contributed by atoms with van der Waals surface area (Å²) in [5, 5.41) is 4.75. The molecule has 2 heterocycles. The summed E-state index contributed by atoms with van der Waals surface area (Å²) in [5.74, 6) is -0.250. The first-order chi connectivity index (χ1) is 14.9. The van der Waals surface area contributed by atoms with E-state index in [9.17, 15) is 17.6 Å². The molecule has 1 aliphatic rings. The Morgan fingerprint density at radius 1 is 1.06 bits per heavy atom. The Labute approximate surface area is 183 Å². The molecule has 6 nitrogen and oxygen atoms in total. The van der Waals surface area contributed by atoms with Crippen LogP contribution in [0.2, 0.25) is 0 Å². The fourth-order valence-electron chi connectivity index (χ4n) is 3.22. The van der Waals surface area contributed by atoms with Crippen LogP contribution < -0.4 is 14.8 Å². The molecular formula is C22H20FNO5S2. The first-order valence-electron chi connectivity index (χ1n) is 9.63. The molecule has 31 heavy (non-hydrogen) atoms. The number of thiophene rings is 1. The Morgan fingerprint density at radius 3 is 2.52 bits per heavy atom. The van der Waals surface area contributed by atoms with E-state index in [0.717, 1.165) is 4.88 Å². The predicted octanol–water partition coefficient (Wildman–Crippen LogP) is 3.73. The maximum atomic E-state index is 13.3. The predicted molar refractivity (Wildman–Crippen MR) is 115 cm³/mol. The van der Waals surface area contributed by atoms with Crippen LogP contribution in [0.3, 0.4) is 0 Å². The van der Waals surface area contributed by atoms with E-state index in [1.165, 1.54) is 35.6 Å². The van der Waals surface area contributed by atoms with Crippen molar-refractivity contribution in [3.05, 3.63) is 76.2 Å². The van der Waals surface area contributed by atoms with Gasteiger partial charge in [-0.1, -0.05) is 18.2 Å². The molecule has 1 atom stereocenters. The first kappa shape index (κ1) is 21.3. The second-order valence-corrected chi connectivity index (χ2v) is 10.0. The molecule has 0 aliphatic carbocycles. The third-order valence-electron chi connectivity index (χ3n) is 4.81. The Balaban J connectivity index is 1.45. The zero-order chi connectivity index (χ0) is 21.8. The van der Waals surface area contributed by atoms with E-state index in [4.69, 9.17) is 9.47 Å². The molecule has 162 valence electrons. The molecule has 3 aromatic rings. The van der Waals surface area contributed by atoms with Gasteiger partial charge in [-0.05, 0) is 41.3 Å². The lowest BCUT2D eigenvalue weighted by Crippen LogP contribution is -2.30. The average molecular weight is 462 g/mol. The highest BCUT2D eigenvalue weighted by atomic mass is 32.2. The quantitative estimate of drug-likeness (QED) is 0.580. The molecule has 0 saturated heterocycles. The fraction of sp³-hybridized carbons (Fsp3) is 0.227. The van der Waals surface area contributed by atoms with Crippen molar-refractivity contribution in [3.63, 3.8) is 0 Å². The zero-order valence-corrected chi connectivity index (χ0v) is 18.0. The molecular weight excluding hydrogens is 441 g/mol. The van der Waals surface area contributed by atoms with E-state index >= 15 is 0 Å². The molecule has 0 radical (unpaired) electrons. The van der Waals surface area contributed by atoms with E-state index in [0.29, 0.717) is 30.3 Å². The number of benzene rings is 2. The van der Waals surface area contributed by atoms with Gasteiger partial charge >= 0.3 is 0 Å². The van der Waals surface area contributed by atoms with Crippen molar-refractivity contribution in [1.82, 2.24) is 5.32 Å². The number of halogens is 1. The lowest BCUT2D eigenvalue weighted by molar-refractivity contribution is -0.121. The summed E-state index contributed by atoms with van der Waals surface area (Å²) in [6, 6.07) is 13.5. The third kappa shape index (κ3) is 5.05. The van der Waals surface area contributed by atoms with Crippen LogP contribution in [0.5, 0.6) is 11.5 Å². The lowest BCUT2D eigenvalue weighted by Gasteiger charge is -2.19. The number of rotatable bonds is 7. The maximum absolute atomic E-state index is 13.3. The van der Waals surface area contributed by atoms with Crippen LogP contribution in [0.15, 0.2) is 64.9 Å². The smallest absolute Gasteiger partial charge is 0.221 e. The topological polar surface area (TPSA) is 81.7 Å². The van der Waals surface area contributed by atoms with Gasteiger partial charge in [0.2, 0.25) is 5.91 Å². The summed E-state index contributed by atoms with van der Waals surface area (Å²) >= 11 is 1.45. The molecule has 9 heteroatoms. The van der Waals surface area contributed by atoms with Gasteiger partial charge in [0.15, 0.2) is 21.3 Å². The standard InChI is InChI=1S/C22H20FNO5S2/c23-16-5-3-15(4-6-16)22(20-2-1-12-30-20)24-21(25)9-13-31(26,27)17-7-8-18-19(14-17)29-11-10-28-18/h1-8,12,14,22H,9-11,13H2,(H,24,25). The number of sulfone groups is 1. The van der Waals surface area contributed by atoms with Crippen molar-refractivity contribution in [2.45, 2.75) is 17.4 Å². The summed E-state index contributed by atoms with van der Waals surface area (Å²) in [7, 11) is -3.69. The van der Waals surface area contributed by atoms with E-state index in [1.807, 2.05) is 17.5 Å². The number of ether oxygens (including phenoxy) is 2. The second-order valence-electron chi connectivity index (χ2n) is 6.94. The minimum atomic E-state index is -3.69.